The zero-order valence-corrected chi connectivity index (χ0v) is 12.7. The molecule has 0 amide bonds. The number of hydrogen-bond acceptors (Lipinski definition) is 3. The lowest BCUT2D eigenvalue weighted by atomic mass is 10.1. The van der Waals surface area contributed by atoms with Gasteiger partial charge in [0.25, 0.3) is 0 Å². The van der Waals surface area contributed by atoms with E-state index < -0.39 is 5.97 Å². The lowest BCUT2D eigenvalue weighted by Gasteiger charge is -2.15. The zero-order chi connectivity index (χ0) is 15.6. The molecule has 0 atom stereocenters. The van der Waals surface area contributed by atoms with E-state index in [4.69, 9.17) is 28.3 Å². The number of aliphatic carboxylic acids is 1. The first kappa shape index (κ1) is 15.5. The molecule has 0 saturated carbocycles. The molecule has 0 aliphatic heterocycles. The summed E-state index contributed by atoms with van der Waals surface area (Å²) in [5.74, 6) is -0.919. The smallest absolute Gasteiger partial charge is 0.307 e. The first-order valence-corrected chi connectivity index (χ1v) is 6.90. The van der Waals surface area contributed by atoms with Crippen LogP contribution >= 0.6 is 23.2 Å². The number of phenols is 1. The highest BCUT2D eigenvalue weighted by atomic mass is 35.5. The third-order valence-electron chi connectivity index (χ3n) is 3.05. The van der Waals surface area contributed by atoms with Crippen molar-refractivity contribution >= 4 is 40.5 Å². The van der Waals surface area contributed by atoms with Crippen LogP contribution in [0.1, 0.15) is 11.1 Å². The third kappa shape index (κ3) is 3.40. The van der Waals surface area contributed by atoms with E-state index in [9.17, 15) is 9.90 Å². The van der Waals surface area contributed by atoms with Gasteiger partial charge in [-0.15, -0.1) is 0 Å². The molecular weight excluding hydrogens is 313 g/mol. The van der Waals surface area contributed by atoms with Crippen molar-refractivity contribution < 1.29 is 15.0 Å². The van der Waals surface area contributed by atoms with Crippen molar-refractivity contribution in [3.63, 3.8) is 0 Å². The Morgan fingerprint density at radius 1 is 1.29 bits per heavy atom. The molecule has 0 aromatic heterocycles. The SMILES string of the molecule is Cc1c(O)cc(Cl)c(Nc2ccccc2CC(=O)O)c1Cl. The Labute approximate surface area is 131 Å². The Kier molecular flexibility index (Phi) is 4.60. The number of rotatable bonds is 4. The second-order valence-electron chi connectivity index (χ2n) is 4.54. The van der Waals surface area contributed by atoms with E-state index in [1.165, 1.54) is 6.07 Å². The number of aromatic hydroxyl groups is 1. The minimum absolute atomic E-state index is 0.00868. The molecule has 0 aliphatic rings. The largest absolute Gasteiger partial charge is 0.508 e. The van der Waals surface area contributed by atoms with Gasteiger partial charge in [-0.25, -0.2) is 0 Å². The van der Waals surface area contributed by atoms with Crippen LogP contribution < -0.4 is 5.32 Å². The van der Waals surface area contributed by atoms with Gasteiger partial charge >= 0.3 is 5.97 Å². The van der Waals surface area contributed by atoms with Gasteiger partial charge in [-0.05, 0) is 18.6 Å². The van der Waals surface area contributed by atoms with Crippen molar-refractivity contribution in [2.75, 3.05) is 5.32 Å². The highest BCUT2D eigenvalue weighted by Gasteiger charge is 2.14. The Morgan fingerprint density at radius 3 is 2.62 bits per heavy atom. The summed E-state index contributed by atoms with van der Waals surface area (Å²) in [5, 5.41) is 22.2. The van der Waals surface area contributed by atoms with Crippen molar-refractivity contribution in [2.24, 2.45) is 0 Å². The van der Waals surface area contributed by atoms with Crippen LogP contribution in [0.2, 0.25) is 10.0 Å². The van der Waals surface area contributed by atoms with Gasteiger partial charge in [-0.3, -0.25) is 4.79 Å². The normalized spacial score (nSPS) is 10.4. The Hall–Kier alpha value is -1.91. The molecule has 0 radical (unpaired) electrons. The fourth-order valence-corrected chi connectivity index (χ4v) is 2.45. The van der Waals surface area contributed by atoms with E-state index in [1.54, 1.807) is 31.2 Å². The van der Waals surface area contributed by atoms with Crippen LogP contribution in [0, 0.1) is 6.92 Å². The van der Waals surface area contributed by atoms with Gasteiger partial charge in [0, 0.05) is 17.3 Å². The zero-order valence-electron chi connectivity index (χ0n) is 11.2. The Morgan fingerprint density at radius 2 is 1.95 bits per heavy atom. The first-order chi connectivity index (χ1) is 9.90. The summed E-state index contributed by atoms with van der Waals surface area (Å²) < 4.78 is 0. The molecule has 0 unspecified atom stereocenters. The van der Waals surface area contributed by atoms with Crippen molar-refractivity contribution in [3.05, 3.63) is 51.5 Å². The number of nitrogens with one attached hydrogen (secondary N) is 1. The minimum Gasteiger partial charge on any atom is -0.508 e. The van der Waals surface area contributed by atoms with Crippen LogP contribution in [0.4, 0.5) is 11.4 Å². The maximum absolute atomic E-state index is 10.9. The summed E-state index contributed by atoms with van der Waals surface area (Å²) in [7, 11) is 0. The summed E-state index contributed by atoms with van der Waals surface area (Å²) in [6.45, 7) is 1.67. The second kappa shape index (κ2) is 6.24. The minimum atomic E-state index is -0.927. The summed E-state index contributed by atoms with van der Waals surface area (Å²) in [6, 6.07) is 8.39. The number of phenolic OH excluding ortho intramolecular Hbond substituents is 1. The maximum atomic E-state index is 10.9. The van der Waals surface area contributed by atoms with E-state index in [1.807, 2.05) is 0 Å². The van der Waals surface area contributed by atoms with Gasteiger partial charge < -0.3 is 15.5 Å². The van der Waals surface area contributed by atoms with Gasteiger partial charge in [0.15, 0.2) is 0 Å². The molecule has 3 N–H and O–H groups in total. The molecule has 2 aromatic carbocycles. The van der Waals surface area contributed by atoms with Crippen molar-refractivity contribution in [1.82, 2.24) is 0 Å². The van der Waals surface area contributed by atoms with Crippen LogP contribution in [0.5, 0.6) is 5.75 Å². The highest BCUT2D eigenvalue weighted by Crippen LogP contribution is 2.40. The second-order valence-corrected chi connectivity index (χ2v) is 5.33. The summed E-state index contributed by atoms with van der Waals surface area (Å²) in [6.07, 6.45) is -0.116. The fraction of sp³-hybridized carbons (Fsp3) is 0.133. The van der Waals surface area contributed by atoms with Crippen molar-refractivity contribution in [3.8, 4) is 5.75 Å². The van der Waals surface area contributed by atoms with E-state index in [0.717, 1.165) is 0 Å². The average molecular weight is 326 g/mol. The Bertz CT molecular complexity index is 702. The topological polar surface area (TPSA) is 69.6 Å². The van der Waals surface area contributed by atoms with Crippen LogP contribution in [-0.4, -0.2) is 16.2 Å². The number of halogens is 2. The van der Waals surface area contributed by atoms with Crippen LogP contribution in [0.15, 0.2) is 30.3 Å². The summed E-state index contributed by atoms with van der Waals surface area (Å²) in [5.41, 5.74) is 2.16. The molecular formula is C15H13Cl2NO3. The molecule has 2 rings (SSSR count). The van der Waals surface area contributed by atoms with E-state index in [0.29, 0.717) is 27.5 Å². The monoisotopic (exact) mass is 325 g/mol. The molecule has 6 heteroatoms. The van der Waals surface area contributed by atoms with Gasteiger partial charge in [0.2, 0.25) is 0 Å². The van der Waals surface area contributed by atoms with E-state index in [2.05, 4.69) is 5.32 Å². The lowest BCUT2D eigenvalue weighted by molar-refractivity contribution is -0.136. The van der Waals surface area contributed by atoms with E-state index in [-0.39, 0.29) is 17.2 Å². The number of hydrogen-bond donors (Lipinski definition) is 3. The number of carboxylic acid groups (broad SMARTS) is 1. The van der Waals surface area contributed by atoms with Crippen LogP contribution in [0.3, 0.4) is 0 Å². The van der Waals surface area contributed by atoms with Gasteiger partial charge in [-0.1, -0.05) is 41.4 Å². The number of carbonyl (C=O) groups is 1. The number of anilines is 2. The molecule has 0 heterocycles. The maximum Gasteiger partial charge on any atom is 0.307 e. The molecule has 4 nitrogen and oxygen atoms in total. The predicted octanol–water partition coefficient (Wildman–Crippen LogP) is 4.38. The third-order valence-corrected chi connectivity index (χ3v) is 3.82. The highest BCUT2D eigenvalue weighted by molar-refractivity contribution is 6.40. The van der Waals surface area contributed by atoms with E-state index >= 15 is 0 Å². The molecule has 0 saturated heterocycles. The first-order valence-electron chi connectivity index (χ1n) is 6.14. The van der Waals surface area contributed by atoms with Gasteiger partial charge in [-0.2, -0.15) is 0 Å². The average Bonchev–Trinajstić information content (AvgIpc) is 2.42. The molecule has 0 bridgehead atoms. The molecule has 110 valence electrons. The van der Waals surface area contributed by atoms with Gasteiger partial charge in [0.1, 0.15) is 5.75 Å². The summed E-state index contributed by atoms with van der Waals surface area (Å²) >= 11 is 12.3. The molecule has 21 heavy (non-hydrogen) atoms. The quantitative estimate of drug-likeness (QED) is 0.729. The molecule has 0 aliphatic carbocycles. The number of benzene rings is 2. The van der Waals surface area contributed by atoms with Crippen LogP contribution in [0.25, 0.3) is 0 Å². The number of carboxylic acids is 1. The van der Waals surface area contributed by atoms with Crippen molar-refractivity contribution in [1.29, 1.82) is 0 Å². The van der Waals surface area contributed by atoms with Crippen molar-refractivity contribution in [2.45, 2.75) is 13.3 Å². The molecule has 2 aromatic rings. The lowest BCUT2D eigenvalue weighted by Crippen LogP contribution is -2.04. The molecule has 0 fully saturated rings. The predicted molar refractivity (Wildman–Crippen MR) is 83.9 cm³/mol. The van der Waals surface area contributed by atoms with Gasteiger partial charge in [0.05, 0.1) is 22.2 Å². The standard InChI is InChI=1S/C15H13Cl2NO3/c1-8-12(19)7-10(16)15(14(8)17)18-11-5-3-2-4-9(11)6-13(20)21/h2-5,7,18-19H,6H2,1H3,(H,20,21). The van der Waals surface area contributed by atoms with Crippen LogP contribution in [-0.2, 0) is 11.2 Å². The Balaban J connectivity index is 2.44. The fourth-order valence-electron chi connectivity index (χ4n) is 1.91. The summed E-state index contributed by atoms with van der Waals surface area (Å²) in [4.78, 5) is 10.9. The molecule has 0 spiro atoms. The number of para-hydroxylation sites is 1.